The molecule has 0 radical (unpaired) electrons. The Hall–Kier alpha value is -0.800. The lowest BCUT2D eigenvalue weighted by atomic mass is 10.1. The highest BCUT2D eigenvalue weighted by molar-refractivity contribution is 6.30. The Morgan fingerprint density at radius 1 is 1.47 bits per heavy atom. The normalized spacial score (nSPS) is 12.5. The molecule has 5 heteroatoms. The number of alkyl halides is 1. The Bertz CT molecular complexity index is 365. The quantitative estimate of drug-likeness (QED) is 0.839. The van der Waals surface area contributed by atoms with E-state index in [0.717, 1.165) is 6.42 Å². The molecule has 94 valence electrons. The van der Waals surface area contributed by atoms with Gasteiger partial charge < -0.3 is 5.32 Å². The van der Waals surface area contributed by atoms with Crippen molar-refractivity contribution < 1.29 is 4.79 Å². The number of pyridine rings is 1. The van der Waals surface area contributed by atoms with E-state index in [1.807, 2.05) is 0 Å². The number of aromatic nitrogens is 1. The average molecular weight is 275 g/mol. The van der Waals surface area contributed by atoms with E-state index in [-0.39, 0.29) is 11.9 Å². The summed E-state index contributed by atoms with van der Waals surface area (Å²) < 4.78 is 0. The van der Waals surface area contributed by atoms with Crippen molar-refractivity contribution in [2.75, 3.05) is 5.88 Å². The Balaban J connectivity index is 2.61. The zero-order valence-corrected chi connectivity index (χ0v) is 11.4. The highest BCUT2D eigenvalue weighted by Gasteiger charge is 2.14. The maximum atomic E-state index is 11.8. The lowest BCUT2D eigenvalue weighted by Gasteiger charge is -2.17. The van der Waals surface area contributed by atoms with Crippen LogP contribution in [0.25, 0.3) is 0 Å². The molecule has 0 fully saturated rings. The van der Waals surface area contributed by atoms with Gasteiger partial charge in [-0.15, -0.1) is 11.6 Å². The van der Waals surface area contributed by atoms with Gasteiger partial charge in [-0.1, -0.05) is 25.4 Å². The number of hydrogen-bond acceptors (Lipinski definition) is 2. The standard InChI is InChI=1S/C12H16Cl2N2O/c1-8(2)5-10(6-13)16-12(17)11-4-3-9(14)7-15-11/h3-4,7-8,10H,5-6H2,1-2H3,(H,16,17). The second-order valence-corrected chi connectivity index (χ2v) is 5.06. The zero-order valence-electron chi connectivity index (χ0n) is 9.91. The van der Waals surface area contributed by atoms with Gasteiger partial charge in [0.2, 0.25) is 0 Å². The second kappa shape index (κ2) is 6.82. The monoisotopic (exact) mass is 274 g/mol. The van der Waals surface area contributed by atoms with Gasteiger partial charge in [0.05, 0.1) is 5.02 Å². The third-order valence-corrected chi connectivity index (χ3v) is 2.83. The van der Waals surface area contributed by atoms with Crippen LogP contribution < -0.4 is 5.32 Å². The van der Waals surface area contributed by atoms with Crippen molar-refractivity contribution in [1.29, 1.82) is 0 Å². The van der Waals surface area contributed by atoms with Crippen LogP contribution in [-0.2, 0) is 0 Å². The summed E-state index contributed by atoms with van der Waals surface area (Å²) in [5, 5.41) is 3.37. The summed E-state index contributed by atoms with van der Waals surface area (Å²) in [4.78, 5) is 15.8. The summed E-state index contributed by atoms with van der Waals surface area (Å²) in [5.41, 5.74) is 0.355. The Kier molecular flexibility index (Phi) is 5.72. The van der Waals surface area contributed by atoms with E-state index in [0.29, 0.717) is 22.5 Å². The molecule has 1 heterocycles. The van der Waals surface area contributed by atoms with Gasteiger partial charge in [-0.05, 0) is 24.5 Å². The van der Waals surface area contributed by atoms with E-state index in [1.165, 1.54) is 6.20 Å². The highest BCUT2D eigenvalue weighted by Crippen LogP contribution is 2.09. The molecule has 1 rings (SSSR count). The summed E-state index contributed by atoms with van der Waals surface area (Å²) >= 11 is 11.5. The fourth-order valence-electron chi connectivity index (χ4n) is 1.50. The molecule has 17 heavy (non-hydrogen) atoms. The molecule has 1 aromatic rings. The number of nitrogens with zero attached hydrogens (tertiary/aromatic N) is 1. The maximum absolute atomic E-state index is 11.8. The molecule has 1 atom stereocenters. The smallest absolute Gasteiger partial charge is 0.270 e. The van der Waals surface area contributed by atoms with Gasteiger partial charge in [-0.3, -0.25) is 4.79 Å². The molecule has 0 aromatic carbocycles. The largest absolute Gasteiger partial charge is 0.347 e. The van der Waals surface area contributed by atoms with Crippen molar-refractivity contribution in [2.24, 2.45) is 5.92 Å². The van der Waals surface area contributed by atoms with Crippen LogP contribution in [0.5, 0.6) is 0 Å². The van der Waals surface area contributed by atoms with Crippen LogP contribution in [0, 0.1) is 5.92 Å². The fraction of sp³-hybridized carbons (Fsp3) is 0.500. The average Bonchev–Trinajstić information content (AvgIpc) is 2.28. The van der Waals surface area contributed by atoms with E-state index in [9.17, 15) is 4.79 Å². The third-order valence-electron chi connectivity index (χ3n) is 2.24. The molecule has 1 amide bonds. The van der Waals surface area contributed by atoms with Crippen LogP contribution in [-0.4, -0.2) is 22.8 Å². The van der Waals surface area contributed by atoms with Crippen molar-refractivity contribution in [1.82, 2.24) is 10.3 Å². The van der Waals surface area contributed by atoms with Crippen molar-refractivity contribution in [2.45, 2.75) is 26.3 Å². The van der Waals surface area contributed by atoms with E-state index in [4.69, 9.17) is 23.2 Å². The number of nitrogens with one attached hydrogen (secondary N) is 1. The minimum atomic E-state index is -0.215. The molecule has 0 saturated carbocycles. The summed E-state index contributed by atoms with van der Waals surface area (Å²) in [6.45, 7) is 4.18. The highest BCUT2D eigenvalue weighted by atomic mass is 35.5. The van der Waals surface area contributed by atoms with Gasteiger partial charge in [-0.25, -0.2) is 4.98 Å². The zero-order chi connectivity index (χ0) is 12.8. The molecule has 0 aliphatic carbocycles. The van der Waals surface area contributed by atoms with Crippen LogP contribution in [0.3, 0.4) is 0 Å². The van der Waals surface area contributed by atoms with E-state index in [1.54, 1.807) is 12.1 Å². The van der Waals surface area contributed by atoms with Crippen molar-refractivity contribution in [3.8, 4) is 0 Å². The van der Waals surface area contributed by atoms with Crippen LogP contribution >= 0.6 is 23.2 Å². The van der Waals surface area contributed by atoms with Crippen LogP contribution in [0.15, 0.2) is 18.3 Å². The SMILES string of the molecule is CC(C)CC(CCl)NC(=O)c1ccc(Cl)cn1. The summed E-state index contributed by atoms with van der Waals surface area (Å²) in [7, 11) is 0. The molecular formula is C12H16Cl2N2O. The maximum Gasteiger partial charge on any atom is 0.270 e. The number of carbonyl (C=O) groups excluding carboxylic acids is 1. The van der Waals surface area contributed by atoms with Gasteiger partial charge in [-0.2, -0.15) is 0 Å². The molecule has 0 aliphatic rings. The third kappa shape index (κ3) is 4.92. The van der Waals surface area contributed by atoms with E-state index >= 15 is 0 Å². The Labute approximate surface area is 112 Å². The second-order valence-electron chi connectivity index (χ2n) is 4.32. The predicted octanol–water partition coefficient (Wildman–Crippen LogP) is 3.12. The number of hydrogen-bond donors (Lipinski definition) is 1. The predicted molar refractivity (Wildman–Crippen MR) is 70.7 cm³/mol. The minimum Gasteiger partial charge on any atom is -0.347 e. The molecule has 1 unspecified atom stereocenters. The molecule has 0 saturated heterocycles. The number of carbonyl (C=O) groups is 1. The van der Waals surface area contributed by atoms with Crippen LogP contribution in [0.4, 0.5) is 0 Å². The van der Waals surface area contributed by atoms with Crippen molar-refractivity contribution >= 4 is 29.1 Å². The van der Waals surface area contributed by atoms with Crippen molar-refractivity contribution in [3.63, 3.8) is 0 Å². The Morgan fingerprint density at radius 2 is 2.18 bits per heavy atom. The summed E-state index contributed by atoms with van der Waals surface area (Å²) in [6, 6.07) is 3.21. The van der Waals surface area contributed by atoms with E-state index in [2.05, 4.69) is 24.1 Å². The first-order valence-corrected chi connectivity index (χ1v) is 6.42. The molecule has 1 N–H and O–H groups in total. The van der Waals surface area contributed by atoms with Gasteiger partial charge >= 0.3 is 0 Å². The minimum absolute atomic E-state index is 0.0263. The number of rotatable bonds is 5. The molecule has 0 aliphatic heterocycles. The van der Waals surface area contributed by atoms with Crippen molar-refractivity contribution in [3.05, 3.63) is 29.0 Å². The Morgan fingerprint density at radius 3 is 2.65 bits per heavy atom. The van der Waals surface area contributed by atoms with Crippen LogP contribution in [0.1, 0.15) is 30.8 Å². The van der Waals surface area contributed by atoms with Gasteiger partial charge in [0.25, 0.3) is 5.91 Å². The topological polar surface area (TPSA) is 42.0 Å². The van der Waals surface area contributed by atoms with Crippen LogP contribution in [0.2, 0.25) is 5.02 Å². The van der Waals surface area contributed by atoms with E-state index < -0.39 is 0 Å². The summed E-state index contributed by atoms with van der Waals surface area (Å²) in [6.07, 6.45) is 2.30. The first-order valence-electron chi connectivity index (χ1n) is 5.51. The van der Waals surface area contributed by atoms with Gasteiger partial charge in [0.15, 0.2) is 0 Å². The lowest BCUT2D eigenvalue weighted by Crippen LogP contribution is -2.37. The molecule has 0 bridgehead atoms. The number of halogens is 2. The number of amides is 1. The molecule has 3 nitrogen and oxygen atoms in total. The fourth-order valence-corrected chi connectivity index (χ4v) is 1.81. The molecule has 0 spiro atoms. The lowest BCUT2D eigenvalue weighted by molar-refractivity contribution is 0.0931. The summed E-state index contributed by atoms with van der Waals surface area (Å²) in [5.74, 6) is 0.669. The van der Waals surface area contributed by atoms with Gasteiger partial charge in [0, 0.05) is 18.1 Å². The first kappa shape index (κ1) is 14.3. The molecular weight excluding hydrogens is 259 g/mol. The first-order chi connectivity index (χ1) is 8.02. The van der Waals surface area contributed by atoms with Gasteiger partial charge in [0.1, 0.15) is 5.69 Å². The molecule has 1 aromatic heterocycles.